The molecule has 0 bridgehead atoms. The maximum Gasteiger partial charge on any atom is 0.242 e. The third-order valence-electron chi connectivity index (χ3n) is 3.84. The molecule has 27 heavy (non-hydrogen) atoms. The molecule has 1 aliphatic carbocycles. The van der Waals surface area contributed by atoms with Crippen molar-refractivity contribution in [3.8, 4) is 0 Å². The normalized spacial score (nSPS) is 15.6. The number of rotatable bonds is 8. The van der Waals surface area contributed by atoms with Crippen molar-refractivity contribution in [2.24, 2.45) is 0 Å². The number of carbonyl (C=O) groups excluding carboxylic acids is 1. The molecule has 2 N–H and O–H groups in total. The molecule has 0 radical (unpaired) electrons. The molecule has 0 spiro atoms. The van der Waals surface area contributed by atoms with E-state index < -0.39 is 15.3 Å². The quantitative estimate of drug-likeness (QED) is 0.624. The molecule has 1 amide bonds. The third-order valence-corrected chi connectivity index (χ3v) is 7.69. The van der Waals surface area contributed by atoms with Gasteiger partial charge in [-0.15, -0.1) is 10.2 Å². The molecular formula is C16H21N5O3S3. The molecule has 1 heterocycles. The van der Waals surface area contributed by atoms with Crippen LogP contribution in [0.3, 0.4) is 0 Å². The Kier molecular flexibility index (Phi) is 6.04. The maximum absolute atomic E-state index is 12.5. The zero-order chi connectivity index (χ0) is 19.6. The fourth-order valence-electron chi connectivity index (χ4n) is 2.11. The molecule has 0 saturated heterocycles. The van der Waals surface area contributed by atoms with E-state index in [0.717, 1.165) is 22.3 Å². The number of carbonyl (C=O) groups is 1. The lowest BCUT2D eigenvalue weighted by Crippen LogP contribution is -2.24. The highest BCUT2D eigenvalue weighted by Crippen LogP contribution is 2.32. The maximum atomic E-state index is 12.5. The second kappa shape index (κ2) is 8.13. The fraction of sp³-hybridized carbons (Fsp3) is 0.438. The van der Waals surface area contributed by atoms with E-state index in [-0.39, 0.29) is 10.8 Å². The van der Waals surface area contributed by atoms with Crippen LogP contribution < -0.4 is 10.6 Å². The van der Waals surface area contributed by atoms with E-state index in [1.54, 1.807) is 19.1 Å². The van der Waals surface area contributed by atoms with Crippen LogP contribution in [0.25, 0.3) is 0 Å². The molecule has 1 atom stereocenters. The number of thioether (sulfide) groups is 1. The molecular weight excluding hydrogens is 406 g/mol. The summed E-state index contributed by atoms with van der Waals surface area (Å²) >= 11 is 2.75. The van der Waals surface area contributed by atoms with Crippen LogP contribution in [-0.4, -0.2) is 54.2 Å². The van der Waals surface area contributed by atoms with Gasteiger partial charge in [-0.25, -0.2) is 12.7 Å². The molecule has 2 aromatic rings. The molecule has 3 rings (SSSR count). The minimum Gasteiger partial charge on any atom is -0.357 e. The zero-order valence-electron chi connectivity index (χ0n) is 15.2. The lowest BCUT2D eigenvalue weighted by molar-refractivity contribution is -0.115. The first-order valence-electron chi connectivity index (χ1n) is 8.36. The van der Waals surface area contributed by atoms with E-state index in [1.807, 2.05) is 0 Å². The van der Waals surface area contributed by atoms with Gasteiger partial charge in [0.15, 0.2) is 4.34 Å². The van der Waals surface area contributed by atoms with Gasteiger partial charge in [-0.05, 0) is 38.0 Å². The van der Waals surface area contributed by atoms with E-state index in [4.69, 9.17) is 0 Å². The van der Waals surface area contributed by atoms with Gasteiger partial charge in [0.2, 0.25) is 21.1 Å². The van der Waals surface area contributed by atoms with Crippen LogP contribution in [0, 0.1) is 0 Å². The minimum atomic E-state index is -3.55. The Morgan fingerprint density at radius 2 is 2.07 bits per heavy atom. The summed E-state index contributed by atoms with van der Waals surface area (Å²) in [6, 6.07) is 6.71. The Hall–Kier alpha value is -1.69. The molecule has 146 valence electrons. The van der Waals surface area contributed by atoms with Gasteiger partial charge < -0.3 is 10.6 Å². The summed E-state index contributed by atoms with van der Waals surface area (Å²) in [4.78, 5) is 12.6. The van der Waals surface area contributed by atoms with Crippen molar-refractivity contribution in [2.45, 2.75) is 40.3 Å². The first-order chi connectivity index (χ1) is 12.8. The van der Waals surface area contributed by atoms with E-state index in [0.29, 0.717) is 16.1 Å². The van der Waals surface area contributed by atoms with Crippen molar-refractivity contribution < 1.29 is 13.2 Å². The molecule has 1 aromatic carbocycles. The van der Waals surface area contributed by atoms with Gasteiger partial charge in [0.1, 0.15) is 0 Å². The molecule has 11 heteroatoms. The van der Waals surface area contributed by atoms with Crippen molar-refractivity contribution in [2.75, 3.05) is 24.7 Å². The largest absolute Gasteiger partial charge is 0.357 e. The van der Waals surface area contributed by atoms with Crippen molar-refractivity contribution >= 4 is 49.8 Å². The molecule has 8 nitrogen and oxygen atoms in total. The van der Waals surface area contributed by atoms with Crippen molar-refractivity contribution in [1.29, 1.82) is 0 Å². The Balaban J connectivity index is 1.61. The summed E-state index contributed by atoms with van der Waals surface area (Å²) in [5.74, 6) is -0.230. The van der Waals surface area contributed by atoms with Gasteiger partial charge in [-0.3, -0.25) is 4.79 Å². The molecule has 1 saturated carbocycles. The van der Waals surface area contributed by atoms with Crippen LogP contribution in [0.1, 0.15) is 19.8 Å². The van der Waals surface area contributed by atoms with E-state index in [9.17, 15) is 13.2 Å². The van der Waals surface area contributed by atoms with Crippen LogP contribution in [0.5, 0.6) is 0 Å². The summed E-state index contributed by atoms with van der Waals surface area (Å²) in [7, 11) is -0.621. The average Bonchev–Trinajstić information content (AvgIpc) is 3.32. The van der Waals surface area contributed by atoms with E-state index in [2.05, 4.69) is 20.8 Å². The number of nitrogens with one attached hydrogen (secondary N) is 2. The second-order valence-corrected chi connectivity index (χ2v) is 11.1. The van der Waals surface area contributed by atoms with E-state index in [1.165, 1.54) is 49.3 Å². The summed E-state index contributed by atoms with van der Waals surface area (Å²) in [6.07, 6.45) is 2.31. The number of hydrogen-bond donors (Lipinski definition) is 2. The Morgan fingerprint density at radius 3 is 2.74 bits per heavy atom. The van der Waals surface area contributed by atoms with Gasteiger partial charge in [0.25, 0.3) is 0 Å². The lowest BCUT2D eigenvalue weighted by atomic mass is 10.3. The Bertz CT molecular complexity index is 925. The van der Waals surface area contributed by atoms with Crippen molar-refractivity contribution in [3.63, 3.8) is 0 Å². The summed E-state index contributed by atoms with van der Waals surface area (Å²) < 4.78 is 26.3. The SMILES string of the molecule is CC(Sc1nnc(NC2CC2)s1)C(=O)Nc1cccc(S(=O)(=O)N(C)C)c1. The number of benzene rings is 1. The van der Waals surface area contributed by atoms with Gasteiger partial charge >= 0.3 is 0 Å². The summed E-state index contributed by atoms with van der Waals surface area (Å²) in [5, 5.41) is 14.6. The monoisotopic (exact) mass is 427 g/mol. The predicted octanol–water partition coefficient (Wildman–Crippen LogP) is 2.48. The lowest BCUT2D eigenvalue weighted by Gasteiger charge is -2.14. The van der Waals surface area contributed by atoms with Crippen molar-refractivity contribution in [3.05, 3.63) is 24.3 Å². The van der Waals surface area contributed by atoms with Gasteiger partial charge in [0.05, 0.1) is 10.1 Å². The first kappa shape index (κ1) is 20.1. The molecule has 1 unspecified atom stereocenters. The highest BCUT2D eigenvalue weighted by Gasteiger charge is 2.24. The number of aromatic nitrogens is 2. The number of anilines is 2. The van der Waals surface area contributed by atoms with Crippen LogP contribution in [0.15, 0.2) is 33.5 Å². The first-order valence-corrected chi connectivity index (χ1v) is 11.5. The summed E-state index contributed by atoms with van der Waals surface area (Å²) in [6.45, 7) is 1.77. The van der Waals surface area contributed by atoms with Crippen LogP contribution in [0.4, 0.5) is 10.8 Å². The average molecular weight is 428 g/mol. The molecule has 1 aromatic heterocycles. The van der Waals surface area contributed by atoms with Crippen LogP contribution in [0.2, 0.25) is 0 Å². The number of nitrogens with zero attached hydrogens (tertiary/aromatic N) is 3. The van der Waals surface area contributed by atoms with Gasteiger partial charge in [0, 0.05) is 25.8 Å². The zero-order valence-corrected chi connectivity index (χ0v) is 17.6. The number of hydrogen-bond acceptors (Lipinski definition) is 8. The van der Waals surface area contributed by atoms with Crippen LogP contribution in [-0.2, 0) is 14.8 Å². The number of amides is 1. The molecule has 1 fully saturated rings. The predicted molar refractivity (Wildman–Crippen MR) is 108 cm³/mol. The van der Waals surface area contributed by atoms with Crippen molar-refractivity contribution in [1.82, 2.24) is 14.5 Å². The number of sulfonamides is 1. The summed E-state index contributed by atoms with van der Waals surface area (Å²) in [5.41, 5.74) is 0.434. The highest BCUT2D eigenvalue weighted by molar-refractivity contribution is 8.02. The molecule has 1 aliphatic rings. The fourth-order valence-corrected chi connectivity index (χ4v) is 5.03. The highest BCUT2D eigenvalue weighted by atomic mass is 32.2. The Labute approximate surface area is 166 Å². The van der Waals surface area contributed by atoms with E-state index >= 15 is 0 Å². The Morgan fingerprint density at radius 1 is 1.33 bits per heavy atom. The van der Waals surface area contributed by atoms with Gasteiger partial charge in [-0.1, -0.05) is 29.2 Å². The molecule has 0 aliphatic heterocycles. The second-order valence-electron chi connectivity index (χ2n) is 6.36. The standard InChI is InChI=1S/C16H21N5O3S3/c1-10(25-16-20-19-15(26-16)18-11-7-8-11)14(22)17-12-5-4-6-13(9-12)27(23,24)21(2)3/h4-6,9-11H,7-8H2,1-3H3,(H,17,22)(H,18,19). The topological polar surface area (TPSA) is 104 Å². The van der Waals surface area contributed by atoms with Crippen LogP contribution >= 0.6 is 23.1 Å². The smallest absolute Gasteiger partial charge is 0.242 e. The third kappa shape index (κ3) is 5.18. The minimum absolute atomic E-state index is 0.130. The van der Waals surface area contributed by atoms with Gasteiger partial charge in [-0.2, -0.15) is 0 Å².